The number of ether oxygens (including phenoxy) is 1. The Morgan fingerprint density at radius 3 is 2.26 bits per heavy atom. The third kappa shape index (κ3) is 8.43. The number of halogens is 5. The first-order chi connectivity index (χ1) is 12.2. The zero-order chi connectivity index (χ0) is 19.2. The number of hydrogen-bond acceptors (Lipinski definition) is 3. The Labute approximate surface area is 170 Å². The largest absolute Gasteiger partial charge is 0.573 e. The van der Waals surface area contributed by atoms with Crippen molar-refractivity contribution in [3.63, 3.8) is 0 Å². The van der Waals surface area contributed by atoms with Gasteiger partial charge < -0.3 is 20.9 Å². The van der Waals surface area contributed by atoms with Crippen LogP contribution in [0.4, 0.5) is 17.6 Å². The van der Waals surface area contributed by atoms with Gasteiger partial charge in [0.1, 0.15) is 11.6 Å². The van der Waals surface area contributed by atoms with E-state index in [-0.39, 0.29) is 48.8 Å². The van der Waals surface area contributed by atoms with Gasteiger partial charge in [-0.15, -0.1) is 37.1 Å². The molecule has 0 aliphatic heterocycles. The van der Waals surface area contributed by atoms with Gasteiger partial charge in [0, 0.05) is 6.54 Å². The van der Waals surface area contributed by atoms with E-state index >= 15 is 0 Å². The highest BCUT2D eigenvalue weighted by molar-refractivity contribution is 14.0. The Balaban J connectivity index is 0.00000364. The van der Waals surface area contributed by atoms with Crippen LogP contribution in [0.15, 0.2) is 53.5 Å². The van der Waals surface area contributed by atoms with E-state index in [0.717, 1.165) is 0 Å². The molecule has 0 spiro atoms. The van der Waals surface area contributed by atoms with Crippen LogP contribution in [-0.4, -0.2) is 24.0 Å². The minimum absolute atomic E-state index is 0. The Kier molecular flexibility index (Phi) is 8.76. The number of aliphatic hydroxyl groups is 1. The van der Waals surface area contributed by atoms with Crippen LogP contribution >= 0.6 is 24.0 Å². The monoisotopic (exact) mass is 499 g/mol. The lowest BCUT2D eigenvalue weighted by atomic mass is 10.1. The number of aliphatic hydroxyl groups excluding tert-OH is 1. The number of nitrogens with two attached hydrogens (primary N) is 1. The first-order valence-corrected chi connectivity index (χ1v) is 7.55. The fraction of sp³-hybridized carbons (Fsp3) is 0.235. The summed E-state index contributed by atoms with van der Waals surface area (Å²) in [5, 5.41) is 12.7. The molecule has 4 N–H and O–H groups in total. The van der Waals surface area contributed by atoms with Crippen molar-refractivity contribution in [2.45, 2.75) is 19.0 Å². The van der Waals surface area contributed by atoms with Crippen LogP contribution < -0.4 is 15.8 Å². The van der Waals surface area contributed by atoms with Gasteiger partial charge in [0.25, 0.3) is 0 Å². The Bertz CT molecular complexity index is 737. The van der Waals surface area contributed by atoms with Gasteiger partial charge in [-0.2, -0.15) is 0 Å². The molecule has 0 saturated carbocycles. The Hall–Kier alpha value is -2.08. The van der Waals surface area contributed by atoms with Gasteiger partial charge in [-0.1, -0.05) is 24.3 Å². The average Bonchev–Trinajstić information content (AvgIpc) is 2.58. The predicted molar refractivity (Wildman–Crippen MR) is 103 cm³/mol. The molecule has 5 nitrogen and oxygen atoms in total. The molecule has 148 valence electrons. The Morgan fingerprint density at radius 1 is 1.11 bits per heavy atom. The number of nitrogens with zero attached hydrogens (tertiary/aromatic N) is 1. The molecular formula is C17H18F4IN3O2. The third-order valence-electron chi connectivity index (χ3n) is 3.32. The molecule has 0 heterocycles. The number of nitrogens with one attached hydrogen (secondary N) is 1. The van der Waals surface area contributed by atoms with Gasteiger partial charge in [-0.25, -0.2) is 9.38 Å². The summed E-state index contributed by atoms with van der Waals surface area (Å²) in [5.41, 5.74) is 6.83. The summed E-state index contributed by atoms with van der Waals surface area (Å²) in [5.74, 6) is -0.665. The first-order valence-electron chi connectivity index (χ1n) is 7.55. The normalized spacial score (nSPS) is 12.9. The van der Waals surface area contributed by atoms with Crippen LogP contribution in [0.3, 0.4) is 0 Å². The number of benzene rings is 2. The van der Waals surface area contributed by atoms with Gasteiger partial charge in [-0.3, -0.25) is 0 Å². The number of rotatable bonds is 6. The van der Waals surface area contributed by atoms with E-state index in [1.54, 1.807) is 0 Å². The third-order valence-corrected chi connectivity index (χ3v) is 3.32. The van der Waals surface area contributed by atoms with Crippen LogP contribution in [0.2, 0.25) is 0 Å². The van der Waals surface area contributed by atoms with E-state index in [2.05, 4.69) is 15.0 Å². The van der Waals surface area contributed by atoms with E-state index in [1.807, 2.05) is 0 Å². The SMILES string of the molecule is I.NC(=NCc1ccc(OC(F)(F)F)cc1)NCC(O)c1ccc(F)cc1. The van der Waals surface area contributed by atoms with E-state index < -0.39 is 18.3 Å². The van der Waals surface area contributed by atoms with Crippen molar-refractivity contribution in [3.8, 4) is 5.75 Å². The highest BCUT2D eigenvalue weighted by Gasteiger charge is 2.30. The molecule has 10 heteroatoms. The van der Waals surface area contributed by atoms with Crippen LogP contribution in [0, 0.1) is 5.82 Å². The quantitative estimate of drug-likeness (QED) is 0.246. The molecule has 1 atom stereocenters. The first kappa shape index (κ1) is 23.0. The maximum absolute atomic E-state index is 12.8. The lowest BCUT2D eigenvalue weighted by molar-refractivity contribution is -0.274. The summed E-state index contributed by atoms with van der Waals surface area (Å²) in [7, 11) is 0. The maximum atomic E-state index is 12.8. The van der Waals surface area contributed by atoms with E-state index in [9.17, 15) is 22.7 Å². The maximum Gasteiger partial charge on any atom is 0.573 e. The second-order valence-electron chi connectivity index (χ2n) is 5.34. The minimum atomic E-state index is -4.74. The molecule has 2 aromatic rings. The van der Waals surface area contributed by atoms with Crippen molar-refractivity contribution in [1.82, 2.24) is 5.32 Å². The summed E-state index contributed by atoms with van der Waals surface area (Å²) < 4.78 is 52.8. The fourth-order valence-corrected chi connectivity index (χ4v) is 2.03. The topological polar surface area (TPSA) is 79.9 Å². The molecule has 0 aliphatic carbocycles. The Morgan fingerprint density at radius 2 is 1.70 bits per heavy atom. The molecule has 0 saturated heterocycles. The zero-order valence-corrected chi connectivity index (χ0v) is 16.2. The molecule has 0 radical (unpaired) electrons. The smallest absolute Gasteiger partial charge is 0.406 e. The minimum Gasteiger partial charge on any atom is -0.406 e. The van der Waals surface area contributed by atoms with Crippen LogP contribution in [0.25, 0.3) is 0 Å². The number of guanidine groups is 1. The molecule has 2 aromatic carbocycles. The molecular weight excluding hydrogens is 481 g/mol. The number of hydrogen-bond donors (Lipinski definition) is 3. The fourth-order valence-electron chi connectivity index (χ4n) is 2.03. The standard InChI is InChI=1S/C17H17F4N3O2.HI/c18-13-5-3-12(4-6-13)15(25)10-24-16(22)23-9-11-1-7-14(8-2-11)26-17(19,20)21;/h1-8,15,25H,9-10H2,(H3,22,23,24);1H. The molecule has 0 aromatic heterocycles. The van der Waals surface area contributed by atoms with Crippen LogP contribution in [0.1, 0.15) is 17.2 Å². The van der Waals surface area contributed by atoms with Gasteiger partial charge in [-0.05, 0) is 35.4 Å². The van der Waals surface area contributed by atoms with Gasteiger partial charge in [0.05, 0.1) is 12.6 Å². The molecule has 0 aliphatic rings. The molecule has 0 amide bonds. The average molecular weight is 499 g/mol. The predicted octanol–water partition coefficient (Wildman–Crippen LogP) is 3.48. The summed E-state index contributed by atoms with van der Waals surface area (Å²) in [4.78, 5) is 4.03. The molecule has 0 bridgehead atoms. The second-order valence-corrected chi connectivity index (χ2v) is 5.34. The lowest BCUT2D eigenvalue weighted by Gasteiger charge is -2.12. The second kappa shape index (κ2) is 10.3. The van der Waals surface area contributed by atoms with Gasteiger partial charge in [0.15, 0.2) is 5.96 Å². The van der Waals surface area contributed by atoms with Crippen molar-refractivity contribution in [2.75, 3.05) is 6.54 Å². The van der Waals surface area contributed by atoms with Gasteiger partial charge in [0.2, 0.25) is 0 Å². The number of alkyl halides is 3. The summed E-state index contributed by atoms with van der Waals surface area (Å²) in [6.45, 7) is 0.205. The van der Waals surface area contributed by atoms with Crippen molar-refractivity contribution >= 4 is 29.9 Å². The lowest BCUT2D eigenvalue weighted by Crippen LogP contribution is -2.34. The summed E-state index contributed by atoms with van der Waals surface area (Å²) in [6, 6.07) is 10.6. The highest BCUT2D eigenvalue weighted by atomic mass is 127. The van der Waals surface area contributed by atoms with E-state index in [0.29, 0.717) is 11.1 Å². The summed E-state index contributed by atoms with van der Waals surface area (Å²) >= 11 is 0. The van der Waals surface area contributed by atoms with Gasteiger partial charge >= 0.3 is 6.36 Å². The van der Waals surface area contributed by atoms with Crippen molar-refractivity contribution in [1.29, 1.82) is 0 Å². The van der Waals surface area contributed by atoms with Crippen LogP contribution in [-0.2, 0) is 6.54 Å². The molecule has 0 fully saturated rings. The highest BCUT2D eigenvalue weighted by Crippen LogP contribution is 2.22. The molecule has 1 unspecified atom stereocenters. The van der Waals surface area contributed by atoms with Crippen molar-refractivity contribution < 1.29 is 27.4 Å². The van der Waals surface area contributed by atoms with Crippen LogP contribution in [0.5, 0.6) is 5.75 Å². The zero-order valence-electron chi connectivity index (χ0n) is 13.9. The van der Waals surface area contributed by atoms with E-state index in [1.165, 1.54) is 48.5 Å². The summed E-state index contributed by atoms with van der Waals surface area (Å²) in [6.07, 6.45) is -5.64. The van der Waals surface area contributed by atoms with Crippen molar-refractivity contribution in [2.24, 2.45) is 10.7 Å². The molecule has 2 rings (SSSR count). The van der Waals surface area contributed by atoms with Crippen molar-refractivity contribution in [3.05, 3.63) is 65.5 Å². The number of aliphatic imine (C=N–C) groups is 1. The molecule has 27 heavy (non-hydrogen) atoms. The van der Waals surface area contributed by atoms with E-state index in [4.69, 9.17) is 5.73 Å².